The molecule has 3 rings (SSSR count). The molecule has 0 saturated heterocycles. The molecule has 2 aromatic carbocycles. The van der Waals surface area contributed by atoms with Crippen molar-refractivity contribution in [3.63, 3.8) is 0 Å². The Balaban J connectivity index is 1.98. The largest absolute Gasteiger partial charge is 0.460 e. The highest BCUT2D eigenvalue weighted by molar-refractivity contribution is 5.83. The molecule has 0 spiro atoms. The summed E-state index contributed by atoms with van der Waals surface area (Å²) in [6.07, 6.45) is 1.24. The Morgan fingerprint density at radius 3 is 2.60 bits per heavy atom. The molecule has 0 saturated carbocycles. The van der Waals surface area contributed by atoms with Gasteiger partial charge in [-0.05, 0) is 42.2 Å². The molecule has 0 amide bonds. The lowest BCUT2D eigenvalue weighted by Crippen LogP contribution is -1.87. The van der Waals surface area contributed by atoms with E-state index in [1.54, 1.807) is 0 Å². The van der Waals surface area contributed by atoms with Crippen molar-refractivity contribution in [3.05, 3.63) is 71.0 Å². The molecule has 0 aliphatic heterocycles. The number of furan rings is 1. The Hall–Kier alpha value is -2.53. The van der Waals surface area contributed by atoms with Crippen molar-refractivity contribution >= 4 is 11.0 Å². The van der Waals surface area contributed by atoms with Gasteiger partial charge in [-0.25, -0.2) is 0 Å². The predicted molar refractivity (Wildman–Crippen MR) is 79.5 cm³/mol. The van der Waals surface area contributed by atoms with Gasteiger partial charge in [-0.15, -0.1) is 0 Å². The minimum atomic E-state index is 0.328. The molecule has 0 aliphatic rings. The summed E-state index contributed by atoms with van der Waals surface area (Å²) in [5.74, 6) is 0.777. The maximum absolute atomic E-state index is 8.81. The van der Waals surface area contributed by atoms with Crippen molar-refractivity contribution < 1.29 is 4.42 Å². The molecular weight excluding hydrogens is 246 g/mol. The molecule has 1 heterocycles. The summed E-state index contributed by atoms with van der Waals surface area (Å²) in [6.45, 7) is 2.02. The number of rotatable bonds is 3. The SMILES string of the molecule is Cc1c(CC#N)oc2ccc(Cc3ccccc3)cc12. The third-order valence-electron chi connectivity index (χ3n) is 3.59. The number of aryl methyl sites for hydroxylation is 1. The van der Waals surface area contributed by atoms with Crippen LogP contribution in [0.3, 0.4) is 0 Å². The predicted octanol–water partition coefficient (Wildman–Crippen LogP) is 4.40. The molecule has 1 aromatic heterocycles. The van der Waals surface area contributed by atoms with Crippen LogP contribution in [0, 0.1) is 18.3 Å². The third kappa shape index (κ3) is 2.31. The number of nitriles is 1. The third-order valence-corrected chi connectivity index (χ3v) is 3.59. The van der Waals surface area contributed by atoms with Crippen LogP contribution in [-0.2, 0) is 12.8 Å². The van der Waals surface area contributed by atoms with Crippen molar-refractivity contribution in [2.24, 2.45) is 0 Å². The van der Waals surface area contributed by atoms with E-state index in [1.165, 1.54) is 11.1 Å². The highest BCUT2D eigenvalue weighted by atomic mass is 16.3. The number of fused-ring (bicyclic) bond motifs is 1. The van der Waals surface area contributed by atoms with E-state index in [0.717, 1.165) is 28.7 Å². The van der Waals surface area contributed by atoms with Crippen LogP contribution in [-0.4, -0.2) is 0 Å². The normalized spacial score (nSPS) is 10.6. The molecule has 98 valence electrons. The molecule has 3 aromatic rings. The van der Waals surface area contributed by atoms with Crippen molar-refractivity contribution in [3.8, 4) is 6.07 Å². The fraction of sp³-hybridized carbons (Fsp3) is 0.167. The van der Waals surface area contributed by atoms with Gasteiger partial charge in [-0.1, -0.05) is 36.4 Å². The van der Waals surface area contributed by atoms with Crippen LogP contribution < -0.4 is 0 Å². The maximum atomic E-state index is 8.81. The molecule has 0 aliphatic carbocycles. The molecule has 0 atom stereocenters. The van der Waals surface area contributed by atoms with Gasteiger partial charge in [0.25, 0.3) is 0 Å². The summed E-state index contributed by atoms with van der Waals surface area (Å²) >= 11 is 0. The van der Waals surface area contributed by atoms with E-state index in [9.17, 15) is 0 Å². The summed E-state index contributed by atoms with van der Waals surface area (Å²) in [6, 6.07) is 18.8. The zero-order valence-corrected chi connectivity index (χ0v) is 11.4. The first kappa shape index (κ1) is 12.5. The molecule has 2 heteroatoms. The molecule has 0 N–H and O–H groups in total. The van der Waals surface area contributed by atoms with E-state index in [-0.39, 0.29) is 0 Å². The Morgan fingerprint density at radius 2 is 1.85 bits per heavy atom. The van der Waals surface area contributed by atoms with Crippen molar-refractivity contribution in [1.29, 1.82) is 5.26 Å². The zero-order chi connectivity index (χ0) is 13.9. The van der Waals surface area contributed by atoms with Crippen LogP contribution in [0.5, 0.6) is 0 Å². The molecule has 20 heavy (non-hydrogen) atoms. The van der Waals surface area contributed by atoms with Gasteiger partial charge < -0.3 is 4.42 Å². The highest BCUT2D eigenvalue weighted by Crippen LogP contribution is 2.27. The van der Waals surface area contributed by atoms with Gasteiger partial charge in [0.2, 0.25) is 0 Å². The van der Waals surface area contributed by atoms with E-state index in [0.29, 0.717) is 6.42 Å². The van der Waals surface area contributed by atoms with Gasteiger partial charge in [-0.3, -0.25) is 0 Å². The standard InChI is InChI=1S/C18H15NO/c1-13-16-12-15(11-14-5-3-2-4-6-14)7-8-18(16)20-17(13)9-10-19/h2-8,12H,9,11H2,1H3. The second-order valence-electron chi connectivity index (χ2n) is 4.98. The van der Waals surface area contributed by atoms with Gasteiger partial charge in [0.05, 0.1) is 12.5 Å². The first-order chi connectivity index (χ1) is 9.78. The molecule has 2 nitrogen and oxygen atoms in total. The van der Waals surface area contributed by atoms with Gasteiger partial charge >= 0.3 is 0 Å². The van der Waals surface area contributed by atoms with Crippen LogP contribution in [0.15, 0.2) is 52.9 Å². The van der Waals surface area contributed by atoms with Crippen molar-refractivity contribution in [2.75, 3.05) is 0 Å². The summed E-state index contributed by atoms with van der Waals surface area (Å²) in [4.78, 5) is 0. The highest BCUT2D eigenvalue weighted by Gasteiger charge is 2.10. The topological polar surface area (TPSA) is 36.9 Å². The second kappa shape index (κ2) is 5.22. The van der Waals surface area contributed by atoms with E-state index in [4.69, 9.17) is 9.68 Å². The Bertz CT molecular complexity index is 778. The maximum Gasteiger partial charge on any atom is 0.134 e. The van der Waals surface area contributed by atoms with Crippen molar-refractivity contribution in [2.45, 2.75) is 19.8 Å². The molecule has 0 bridgehead atoms. The summed E-state index contributed by atoms with van der Waals surface area (Å²) in [5.41, 5.74) is 4.50. The van der Waals surface area contributed by atoms with Gasteiger partial charge in [0.15, 0.2) is 0 Å². The monoisotopic (exact) mass is 261 g/mol. The molecule has 0 unspecified atom stereocenters. The fourth-order valence-electron chi connectivity index (χ4n) is 2.50. The second-order valence-corrected chi connectivity index (χ2v) is 4.98. The van der Waals surface area contributed by atoms with Gasteiger partial charge in [-0.2, -0.15) is 5.26 Å². The van der Waals surface area contributed by atoms with E-state index >= 15 is 0 Å². The van der Waals surface area contributed by atoms with E-state index in [2.05, 4.69) is 42.5 Å². The number of hydrogen-bond acceptors (Lipinski definition) is 2. The van der Waals surface area contributed by atoms with Gasteiger partial charge in [0.1, 0.15) is 11.3 Å². The summed E-state index contributed by atoms with van der Waals surface area (Å²) in [5, 5.41) is 9.92. The lowest BCUT2D eigenvalue weighted by atomic mass is 10.0. The molecule has 0 radical (unpaired) electrons. The minimum absolute atomic E-state index is 0.328. The zero-order valence-electron chi connectivity index (χ0n) is 11.4. The average Bonchev–Trinajstić information content (AvgIpc) is 2.77. The van der Waals surface area contributed by atoms with Crippen LogP contribution in [0.1, 0.15) is 22.5 Å². The smallest absolute Gasteiger partial charge is 0.134 e. The quantitative estimate of drug-likeness (QED) is 0.700. The van der Waals surface area contributed by atoms with E-state index < -0.39 is 0 Å². The van der Waals surface area contributed by atoms with Crippen LogP contribution in [0.2, 0.25) is 0 Å². The number of nitrogens with zero attached hydrogens (tertiary/aromatic N) is 1. The first-order valence-corrected chi connectivity index (χ1v) is 6.69. The Morgan fingerprint density at radius 1 is 1.05 bits per heavy atom. The van der Waals surface area contributed by atoms with E-state index in [1.807, 2.05) is 19.1 Å². The van der Waals surface area contributed by atoms with Crippen molar-refractivity contribution in [1.82, 2.24) is 0 Å². The number of benzene rings is 2. The lowest BCUT2D eigenvalue weighted by Gasteiger charge is -2.02. The molecular formula is C18H15NO. The summed E-state index contributed by atoms with van der Waals surface area (Å²) in [7, 11) is 0. The van der Waals surface area contributed by atoms with Crippen LogP contribution >= 0.6 is 0 Å². The Kier molecular flexibility index (Phi) is 3.26. The first-order valence-electron chi connectivity index (χ1n) is 6.69. The summed E-state index contributed by atoms with van der Waals surface area (Å²) < 4.78 is 5.72. The average molecular weight is 261 g/mol. The van der Waals surface area contributed by atoms with Crippen LogP contribution in [0.25, 0.3) is 11.0 Å². The van der Waals surface area contributed by atoms with Gasteiger partial charge in [0, 0.05) is 5.39 Å². The minimum Gasteiger partial charge on any atom is -0.460 e. The molecule has 0 fully saturated rings. The Labute approximate surface area is 118 Å². The number of hydrogen-bond donors (Lipinski definition) is 0. The lowest BCUT2D eigenvalue weighted by molar-refractivity contribution is 0.563. The van der Waals surface area contributed by atoms with Crippen LogP contribution in [0.4, 0.5) is 0 Å². The fourth-order valence-corrected chi connectivity index (χ4v) is 2.50.